The molecule has 18 heavy (non-hydrogen) atoms. The summed E-state index contributed by atoms with van der Waals surface area (Å²) in [5.74, 6) is 0. The number of nitrogens with one attached hydrogen (secondary N) is 1. The number of ether oxygens (including phenoxy) is 1. The van der Waals surface area contributed by atoms with Gasteiger partial charge in [0.2, 0.25) is 0 Å². The molecule has 0 radical (unpaired) electrons. The van der Waals surface area contributed by atoms with Crippen LogP contribution < -0.4 is 5.32 Å². The lowest BCUT2D eigenvalue weighted by Gasteiger charge is -2.41. The Balaban J connectivity index is 1.79. The van der Waals surface area contributed by atoms with E-state index >= 15 is 0 Å². The maximum atomic E-state index is 5.40. The molecule has 102 valence electrons. The molecule has 2 rings (SSSR count). The molecule has 2 heterocycles. The van der Waals surface area contributed by atoms with E-state index in [1.165, 1.54) is 5.69 Å². The van der Waals surface area contributed by atoms with Gasteiger partial charge in [-0.25, -0.2) is 0 Å². The quantitative estimate of drug-likeness (QED) is 0.834. The van der Waals surface area contributed by atoms with Crippen LogP contribution >= 0.6 is 0 Å². The Morgan fingerprint density at radius 2 is 2.11 bits per heavy atom. The Morgan fingerprint density at radius 1 is 1.39 bits per heavy atom. The van der Waals surface area contributed by atoms with Gasteiger partial charge < -0.3 is 10.1 Å². The van der Waals surface area contributed by atoms with Crippen LogP contribution in [-0.2, 0) is 18.3 Å². The van der Waals surface area contributed by atoms with E-state index in [4.69, 9.17) is 4.74 Å². The van der Waals surface area contributed by atoms with Gasteiger partial charge in [0.05, 0.1) is 18.9 Å². The molecule has 0 saturated carbocycles. The monoisotopic (exact) mass is 252 g/mol. The first kappa shape index (κ1) is 13.5. The van der Waals surface area contributed by atoms with Gasteiger partial charge in [-0.1, -0.05) is 0 Å². The van der Waals surface area contributed by atoms with E-state index in [0.717, 1.165) is 39.4 Å². The molecule has 5 heteroatoms. The molecule has 1 aromatic rings. The molecule has 1 aromatic heterocycles. The van der Waals surface area contributed by atoms with Crippen LogP contribution in [0.25, 0.3) is 0 Å². The van der Waals surface area contributed by atoms with E-state index in [9.17, 15) is 0 Å². The lowest BCUT2D eigenvalue weighted by Crippen LogP contribution is -2.54. The summed E-state index contributed by atoms with van der Waals surface area (Å²) in [4.78, 5) is 2.49. The van der Waals surface area contributed by atoms with Gasteiger partial charge in [-0.05, 0) is 19.9 Å². The topological polar surface area (TPSA) is 42.3 Å². The molecule has 0 amide bonds. The first-order valence-electron chi connectivity index (χ1n) is 6.60. The number of hydrogen-bond donors (Lipinski definition) is 1. The minimum atomic E-state index is 0.169. The summed E-state index contributed by atoms with van der Waals surface area (Å²) in [5, 5.41) is 7.69. The van der Waals surface area contributed by atoms with Crippen molar-refractivity contribution in [1.82, 2.24) is 20.0 Å². The van der Waals surface area contributed by atoms with Gasteiger partial charge in [0.25, 0.3) is 0 Å². The molecule has 0 unspecified atom stereocenters. The highest BCUT2D eigenvalue weighted by Crippen LogP contribution is 2.15. The van der Waals surface area contributed by atoms with Crippen LogP contribution in [-0.4, -0.2) is 53.1 Å². The Morgan fingerprint density at radius 3 is 2.72 bits per heavy atom. The van der Waals surface area contributed by atoms with Crippen LogP contribution in [0, 0.1) is 0 Å². The average Bonchev–Trinajstić information content (AvgIpc) is 2.76. The van der Waals surface area contributed by atoms with Gasteiger partial charge in [0.15, 0.2) is 0 Å². The lowest BCUT2D eigenvalue weighted by molar-refractivity contribution is -0.00970. The van der Waals surface area contributed by atoms with Crippen LogP contribution in [0.3, 0.4) is 0 Å². The van der Waals surface area contributed by atoms with E-state index in [0.29, 0.717) is 0 Å². The largest absolute Gasteiger partial charge is 0.379 e. The van der Waals surface area contributed by atoms with Gasteiger partial charge in [-0.15, -0.1) is 0 Å². The third-order valence-electron chi connectivity index (χ3n) is 3.65. The summed E-state index contributed by atoms with van der Waals surface area (Å²) in [6.45, 7) is 10.2. The van der Waals surface area contributed by atoms with E-state index in [2.05, 4.69) is 35.2 Å². The van der Waals surface area contributed by atoms with Crippen LogP contribution in [0.5, 0.6) is 0 Å². The van der Waals surface area contributed by atoms with Crippen molar-refractivity contribution in [1.29, 1.82) is 0 Å². The number of nitrogens with zero attached hydrogens (tertiary/aromatic N) is 3. The fourth-order valence-electron chi connectivity index (χ4n) is 2.35. The number of aromatic nitrogens is 2. The highest BCUT2D eigenvalue weighted by Gasteiger charge is 2.27. The van der Waals surface area contributed by atoms with E-state index in [1.54, 1.807) is 0 Å². The first-order chi connectivity index (χ1) is 8.59. The van der Waals surface area contributed by atoms with E-state index in [1.807, 2.05) is 17.9 Å². The normalized spacial score (nSPS) is 18.2. The average molecular weight is 252 g/mol. The second kappa shape index (κ2) is 5.82. The van der Waals surface area contributed by atoms with Gasteiger partial charge in [-0.2, -0.15) is 5.10 Å². The second-order valence-electron chi connectivity index (χ2n) is 5.46. The van der Waals surface area contributed by atoms with Crippen LogP contribution in [0.4, 0.5) is 0 Å². The zero-order valence-electron chi connectivity index (χ0n) is 11.6. The first-order valence-corrected chi connectivity index (χ1v) is 6.60. The van der Waals surface area contributed by atoms with Crippen molar-refractivity contribution >= 4 is 0 Å². The van der Waals surface area contributed by atoms with Crippen LogP contribution in [0.15, 0.2) is 12.3 Å². The highest BCUT2D eigenvalue weighted by atomic mass is 16.5. The molecular weight excluding hydrogens is 228 g/mol. The van der Waals surface area contributed by atoms with Crippen molar-refractivity contribution in [2.45, 2.75) is 25.9 Å². The Bertz CT molecular complexity index is 369. The zero-order chi connectivity index (χ0) is 13.0. The third kappa shape index (κ3) is 3.31. The van der Waals surface area contributed by atoms with E-state index in [-0.39, 0.29) is 5.54 Å². The van der Waals surface area contributed by atoms with Crippen molar-refractivity contribution < 1.29 is 4.74 Å². The second-order valence-corrected chi connectivity index (χ2v) is 5.46. The number of aryl methyl sites for hydroxylation is 1. The lowest BCUT2D eigenvalue weighted by atomic mass is 10.0. The molecular formula is C13H24N4O. The molecule has 1 saturated heterocycles. The Kier molecular flexibility index (Phi) is 4.37. The maximum Gasteiger partial charge on any atom is 0.0594 e. The molecule has 0 spiro atoms. The number of hydrogen-bond acceptors (Lipinski definition) is 4. The minimum absolute atomic E-state index is 0.169. The number of rotatable bonds is 5. The minimum Gasteiger partial charge on any atom is -0.379 e. The highest BCUT2D eigenvalue weighted by molar-refractivity contribution is 4.99. The van der Waals surface area contributed by atoms with Gasteiger partial charge in [0.1, 0.15) is 0 Å². The predicted molar refractivity (Wildman–Crippen MR) is 71.4 cm³/mol. The van der Waals surface area contributed by atoms with E-state index < -0.39 is 0 Å². The van der Waals surface area contributed by atoms with Gasteiger partial charge in [0, 0.05) is 45.0 Å². The summed E-state index contributed by atoms with van der Waals surface area (Å²) in [7, 11) is 1.98. The van der Waals surface area contributed by atoms with Crippen molar-refractivity contribution in [3.63, 3.8) is 0 Å². The molecule has 1 aliphatic rings. The predicted octanol–water partition coefficient (Wildman–Crippen LogP) is 0.621. The number of morpholine rings is 1. The van der Waals surface area contributed by atoms with Crippen molar-refractivity contribution in [2.24, 2.45) is 7.05 Å². The summed E-state index contributed by atoms with van der Waals surface area (Å²) in [6.07, 6.45) is 1.84. The van der Waals surface area contributed by atoms with Crippen molar-refractivity contribution in [3.8, 4) is 0 Å². The molecule has 0 bridgehead atoms. The molecule has 5 nitrogen and oxygen atoms in total. The fourth-order valence-corrected chi connectivity index (χ4v) is 2.35. The van der Waals surface area contributed by atoms with Crippen molar-refractivity contribution in [3.05, 3.63) is 18.0 Å². The zero-order valence-corrected chi connectivity index (χ0v) is 11.6. The standard InChI is InChI=1S/C13H24N4O/c1-13(2,17-6-8-18-9-7-17)11-14-10-12-4-5-15-16(12)3/h4-5,14H,6-11H2,1-3H3. The van der Waals surface area contributed by atoms with Gasteiger partial charge >= 0.3 is 0 Å². The summed E-state index contributed by atoms with van der Waals surface area (Å²) < 4.78 is 7.31. The van der Waals surface area contributed by atoms with Crippen molar-refractivity contribution in [2.75, 3.05) is 32.8 Å². The summed E-state index contributed by atoms with van der Waals surface area (Å²) in [6, 6.07) is 2.05. The molecule has 1 N–H and O–H groups in total. The third-order valence-corrected chi connectivity index (χ3v) is 3.65. The SMILES string of the molecule is Cn1nccc1CNCC(C)(C)N1CCOCC1. The van der Waals surface area contributed by atoms with Crippen LogP contribution in [0.2, 0.25) is 0 Å². The maximum absolute atomic E-state index is 5.40. The molecule has 0 aliphatic carbocycles. The summed E-state index contributed by atoms with van der Waals surface area (Å²) in [5.41, 5.74) is 1.38. The Labute approximate surface area is 109 Å². The summed E-state index contributed by atoms with van der Waals surface area (Å²) >= 11 is 0. The smallest absolute Gasteiger partial charge is 0.0594 e. The van der Waals surface area contributed by atoms with Gasteiger partial charge in [-0.3, -0.25) is 9.58 Å². The molecule has 0 atom stereocenters. The molecule has 1 aliphatic heterocycles. The fraction of sp³-hybridized carbons (Fsp3) is 0.769. The Hall–Kier alpha value is -0.910. The molecule has 0 aromatic carbocycles. The molecule has 1 fully saturated rings. The van der Waals surface area contributed by atoms with Crippen LogP contribution in [0.1, 0.15) is 19.5 Å².